The third-order valence-electron chi connectivity index (χ3n) is 5.74. The molecule has 0 radical (unpaired) electrons. The largest absolute Gasteiger partial charge is 0.496 e. The number of hydrogen-bond acceptors (Lipinski definition) is 7. The molecule has 0 amide bonds. The van der Waals surface area contributed by atoms with Crippen molar-refractivity contribution in [3.8, 4) is 21.9 Å². The third-order valence-corrected chi connectivity index (χ3v) is 6.82. The van der Waals surface area contributed by atoms with E-state index in [2.05, 4.69) is 4.98 Å². The number of H-pyrrole nitrogens is 1. The van der Waals surface area contributed by atoms with Crippen molar-refractivity contribution in [3.05, 3.63) is 75.8 Å². The van der Waals surface area contributed by atoms with Crippen molar-refractivity contribution in [2.75, 3.05) is 20.8 Å². The van der Waals surface area contributed by atoms with Gasteiger partial charge in [0, 0.05) is 29.1 Å². The van der Waals surface area contributed by atoms with Crippen molar-refractivity contribution in [3.63, 3.8) is 0 Å². The van der Waals surface area contributed by atoms with Crippen molar-refractivity contribution in [1.82, 2.24) is 14.9 Å². The number of fused-ring (bicyclic) bond motifs is 2. The summed E-state index contributed by atoms with van der Waals surface area (Å²) in [4.78, 5) is 24.1. The van der Waals surface area contributed by atoms with Crippen LogP contribution in [0.4, 0.5) is 0 Å². The van der Waals surface area contributed by atoms with Gasteiger partial charge < -0.3 is 19.6 Å². The molecule has 8 heteroatoms. The fourth-order valence-electron chi connectivity index (χ4n) is 4.27. The minimum atomic E-state index is -0.731. The Labute approximate surface area is 188 Å². The molecular formula is C24H23N3O4S. The van der Waals surface area contributed by atoms with E-state index in [1.165, 1.54) is 11.3 Å². The second-order valence-electron chi connectivity index (χ2n) is 7.76. The van der Waals surface area contributed by atoms with E-state index in [0.717, 1.165) is 21.6 Å². The van der Waals surface area contributed by atoms with E-state index in [-0.39, 0.29) is 5.56 Å². The van der Waals surface area contributed by atoms with Gasteiger partial charge in [0.05, 0.1) is 32.3 Å². The van der Waals surface area contributed by atoms with Crippen LogP contribution in [-0.2, 0) is 13.1 Å². The highest BCUT2D eigenvalue weighted by Gasteiger charge is 2.30. The molecule has 0 unspecified atom stereocenters. The molecule has 32 heavy (non-hydrogen) atoms. The van der Waals surface area contributed by atoms with Crippen LogP contribution in [0.25, 0.3) is 20.7 Å². The zero-order valence-electron chi connectivity index (χ0n) is 17.8. The number of thiophene rings is 1. The van der Waals surface area contributed by atoms with Crippen LogP contribution in [0.3, 0.4) is 0 Å². The fourth-order valence-corrected chi connectivity index (χ4v) is 5.33. The normalized spacial score (nSPS) is 16.2. The van der Waals surface area contributed by atoms with Gasteiger partial charge in [0.25, 0.3) is 5.56 Å². The lowest BCUT2D eigenvalue weighted by molar-refractivity contribution is 0.0829. The molecule has 2 aromatic heterocycles. The first kappa shape index (κ1) is 20.7. The standard InChI is InChI=1S/C24H23N3O4S/c1-30-18-8-9-19(31-2)22-16(18)11-27(12-17(22)28)13-21-25-23(29)15-10-20(32-24(15)26-21)14-6-4-3-5-7-14/h3-10,17,28H,11-13H2,1-2H3,(H,25,26,29)/t17-/m0/s1. The Bertz CT molecular complexity index is 1330. The average molecular weight is 450 g/mol. The van der Waals surface area contributed by atoms with Gasteiger partial charge in [0.1, 0.15) is 22.2 Å². The predicted molar refractivity (Wildman–Crippen MR) is 124 cm³/mol. The van der Waals surface area contributed by atoms with E-state index in [1.54, 1.807) is 14.2 Å². The fraction of sp³-hybridized carbons (Fsp3) is 0.250. The lowest BCUT2D eigenvalue weighted by Crippen LogP contribution is -2.34. The number of nitrogens with one attached hydrogen (secondary N) is 1. The van der Waals surface area contributed by atoms with E-state index in [0.29, 0.717) is 47.2 Å². The van der Waals surface area contributed by atoms with Crippen molar-refractivity contribution < 1.29 is 14.6 Å². The van der Waals surface area contributed by atoms with Crippen molar-refractivity contribution in [1.29, 1.82) is 0 Å². The van der Waals surface area contributed by atoms with Crippen LogP contribution in [0.15, 0.2) is 53.3 Å². The number of β-amino-alcohol motifs (C(OH)–C–C–N with tert-alkyl or cyclic N) is 1. The summed E-state index contributed by atoms with van der Waals surface area (Å²) in [6.45, 7) is 1.35. The number of benzene rings is 2. The van der Waals surface area contributed by atoms with Crippen molar-refractivity contribution in [2.45, 2.75) is 19.2 Å². The van der Waals surface area contributed by atoms with Gasteiger partial charge in [0.2, 0.25) is 0 Å². The van der Waals surface area contributed by atoms with Gasteiger partial charge in [0.15, 0.2) is 0 Å². The number of aliphatic hydroxyl groups is 1. The molecule has 3 heterocycles. The van der Waals surface area contributed by atoms with Crippen molar-refractivity contribution in [2.24, 2.45) is 0 Å². The van der Waals surface area contributed by atoms with Crippen LogP contribution < -0.4 is 15.0 Å². The highest BCUT2D eigenvalue weighted by molar-refractivity contribution is 7.21. The van der Waals surface area contributed by atoms with Crippen molar-refractivity contribution >= 4 is 21.6 Å². The molecule has 0 bridgehead atoms. The molecule has 164 valence electrons. The highest BCUT2D eigenvalue weighted by Crippen LogP contribution is 2.39. The number of methoxy groups -OCH3 is 2. The average Bonchev–Trinajstić information content (AvgIpc) is 3.24. The molecule has 4 aromatic rings. The molecule has 0 spiro atoms. The van der Waals surface area contributed by atoms with Crippen LogP contribution in [0, 0.1) is 0 Å². The monoisotopic (exact) mass is 449 g/mol. The predicted octanol–water partition coefficient (Wildman–Crippen LogP) is 3.72. The molecule has 7 nitrogen and oxygen atoms in total. The first-order chi connectivity index (χ1) is 15.6. The Morgan fingerprint density at radius 1 is 1.16 bits per heavy atom. The maximum atomic E-state index is 12.7. The SMILES string of the molecule is COc1ccc(OC)c2c1CN(Cc1nc3sc(-c4ccccc4)cc3c(=O)[nH]1)C[C@@H]2O. The molecule has 0 saturated heterocycles. The summed E-state index contributed by atoms with van der Waals surface area (Å²) in [5, 5.41) is 11.4. The maximum absolute atomic E-state index is 12.7. The minimum Gasteiger partial charge on any atom is -0.496 e. The second-order valence-corrected chi connectivity index (χ2v) is 8.79. The summed E-state index contributed by atoms with van der Waals surface area (Å²) in [6, 6.07) is 15.5. The Kier molecular flexibility index (Phi) is 5.42. The quantitative estimate of drug-likeness (QED) is 0.483. The van der Waals surface area contributed by atoms with E-state index < -0.39 is 6.10 Å². The number of hydrogen-bond donors (Lipinski definition) is 2. The van der Waals surface area contributed by atoms with E-state index in [9.17, 15) is 9.90 Å². The molecule has 0 fully saturated rings. The van der Waals surface area contributed by atoms with Gasteiger partial charge in [-0.15, -0.1) is 11.3 Å². The Morgan fingerprint density at radius 3 is 2.66 bits per heavy atom. The van der Waals surface area contributed by atoms with Gasteiger partial charge in [-0.2, -0.15) is 0 Å². The van der Waals surface area contributed by atoms with Gasteiger partial charge in [-0.3, -0.25) is 9.69 Å². The highest BCUT2D eigenvalue weighted by atomic mass is 32.1. The smallest absolute Gasteiger partial charge is 0.259 e. The van der Waals surface area contributed by atoms with Gasteiger partial charge >= 0.3 is 0 Å². The first-order valence-electron chi connectivity index (χ1n) is 10.3. The molecule has 2 aromatic carbocycles. The molecule has 1 aliphatic rings. The molecule has 0 saturated carbocycles. The first-order valence-corrected chi connectivity index (χ1v) is 11.1. The lowest BCUT2D eigenvalue weighted by Gasteiger charge is -2.33. The molecule has 1 atom stereocenters. The van der Waals surface area contributed by atoms with Crippen LogP contribution in [0.2, 0.25) is 0 Å². The summed E-state index contributed by atoms with van der Waals surface area (Å²) in [5.41, 5.74) is 2.55. The van der Waals surface area contributed by atoms with Crippen LogP contribution in [-0.4, -0.2) is 40.7 Å². The Hall–Kier alpha value is -3.20. The van der Waals surface area contributed by atoms with E-state index >= 15 is 0 Å². The zero-order chi connectivity index (χ0) is 22.2. The number of aromatic nitrogens is 2. The van der Waals surface area contributed by atoms with Gasteiger partial charge in [-0.25, -0.2) is 4.98 Å². The summed E-state index contributed by atoms with van der Waals surface area (Å²) < 4.78 is 11.0. The number of nitrogens with zero attached hydrogens (tertiary/aromatic N) is 2. The van der Waals surface area contributed by atoms with Gasteiger partial charge in [-0.05, 0) is 23.8 Å². The Balaban J connectivity index is 1.46. The summed E-state index contributed by atoms with van der Waals surface area (Å²) in [6.07, 6.45) is -0.731. The number of ether oxygens (including phenoxy) is 2. The van der Waals surface area contributed by atoms with E-state index in [4.69, 9.17) is 14.5 Å². The molecular weight excluding hydrogens is 426 g/mol. The Morgan fingerprint density at radius 2 is 1.91 bits per heavy atom. The van der Waals surface area contributed by atoms with Crippen LogP contribution in [0.1, 0.15) is 23.1 Å². The van der Waals surface area contributed by atoms with E-state index in [1.807, 2.05) is 53.4 Å². The molecule has 1 aliphatic heterocycles. The topological polar surface area (TPSA) is 87.7 Å². The number of aromatic amines is 1. The molecule has 2 N–H and O–H groups in total. The lowest BCUT2D eigenvalue weighted by atomic mass is 9.95. The number of aliphatic hydroxyl groups excluding tert-OH is 1. The molecule has 5 rings (SSSR count). The zero-order valence-corrected chi connectivity index (χ0v) is 18.6. The second kappa shape index (κ2) is 8.38. The maximum Gasteiger partial charge on any atom is 0.259 e. The molecule has 0 aliphatic carbocycles. The number of rotatable bonds is 5. The van der Waals surface area contributed by atoms with Gasteiger partial charge in [-0.1, -0.05) is 30.3 Å². The van der Waals surface area contributed by atoms with Crippen LogP contribution >= 0.6 is 11.3 Å². The van der Waals surface area contributed by atoms with Crippen LogP contribution in [0.5, 0.6) is 11.5 Å². The summed E-state index contributed by atoms with van der Waals surface area (Å²) >= 11 is 1.51. The third kappa shape index (κ3) is 3.66. The summed E-state index contributed by atoms with van der Waals surface area (Å²) in [7, 11) is 3.21. The minimum absolute atomic E-state index is 0.152. The summed E-state index contributed by atoms with van der Waals surface area (Å²) in [5.74, 6) is 1.92.